The van der Waals surface area contributed by atoms with Crippen molar-refractivity contribution >= 4 is 23.0 Å². The van der Waals surface area contributed by atoms with Gasteiger partial charge >= 0.3 is 0 Å². The molecule has 3 nitrogen and oxygen atoms in total. The molecule has 0 atom stereocenters. The summed E-state index contributed by atoms with van der Waals surface area (Å²) in [7, 11) is 0. The van der Waals surface area contributed by atoms with Gasteiger partial charge in [0.2, 0.25) is 0 Å². The van der Waals surface area contributed by atoms with Crippen molar-refractivity contribution in [1.29, 1.82) is 0 Å². The molecule has 0 bridgehead atoms. The van der Waals surface area contributed by atoms with E-state index in [1.165, 1.54) is 0 Å². The second kappa shape index (κ2) is 4.86. The molecule has 0 saturated carbocycles. The molecule has 4 heteroatoms. The molecule has 1 heterocycles. The van der Waals surface area contributed by atoms with Crippen molar-refractivity contribution in [2.75, 3.05) is 11.1 Å². The number of rotatable bonds is 3. The maximum Gasteiger partial charge on any atom is 0.0529 e. The molecule has 3 N–H and O–H groups in total. The minimum absolute atomic E-state index is 0.594. The Labute approximate surface area is 99.3 Å². The highest BCUT2D eigenvalue weighted by atomic mass is 35.5. The van der Waals surface area contributed by atoms with Crippen LogP contribution in [0.25, 0.3) is 0 Å². The first-order valence-electron chi connectivity index (χ1n) is 4.94. The summed E-state index contributed by atoms with van der Waals surface area (Å²) in [4.78, 5) is 4.02. The van der Waals surface area contributed by atoms with Crippen LogP contribution >= 0.6 is 11.6 Å². The van der Waals surface area contributed by atoms with E-state index in [9.17, 15) is 0 Å². The fraction of sp³-hybridized carbons (Fsp3) is 0.0833. The molecule has 1 aromatic heterocycles. The summed E-state index contributed by atoms with van der Waals surface area (Å²) in [5.74, 6) is 0. The highest BCUT2D eigenvalue weighted by molar-refractivity contribution is 6.31. The highest BCUT2D eigenvalue weighted by Gasteiger charge is 2.03. The van der Waals surface area contributed by atoms with Gasteiger partial charge in [-0.15, -0.1) is 0 Å². The number of nitrogens with one attached hydrogen (secondary N) is 1. The number of pyridine rings is 1. The Morgan fingerprint density at radius 3 is 2.81 bits per heavy atom. The lowest BCUT2D eigenvalue weighted by Gasteiger charge is -2.09. The van der Waals surface area contributed by atoms with E-state index in [4.69, 9.17) is 17.3 Å². The summed E-state index contributed by atoms with van der Waals surface area (Å²) in [5.41, 5.74) is 8.40. The van der Waals surface area contributed by atoms with Crippen LogP contribution in [0.2, 0.25) is 5.02 Å². The van der Waals surface area contributed by atoms with Crippen LogP contribution in [0.1, 0.15) is 5.56 Å². The van der Waals surface area contributed by atoms with Gasteiger partial charge in [-0.1, -0.05) is 17.7 Å². The second-order valence-corrected chi connectivity index (χ2v) is 3.81. The first kappa shape index (κ1) is 10.8. The van der Waals surface area contributed by atoms with Crippen molar-refractivity contribution < 1.29 is 0 Å². The Bertz CT molecular complexity index is 451. The Morgan fingerprint density at radius 2 is 2.12 bits per heavy atom. The predicted molar refractivity (Wildman–Crippen MR) is 67.4 cm³/mol. The Hall–Kier alpha value is -1.74. The van der Waals surface area contributed by atoms with E-state index in [0.717, 1.165) is 11.3 Å². The van der Waals surface area contributed by atoms with Crippen molar-refractivity contribution in [2.45, 2.75) is 6.54 Å². The normalized spacial score (nSPS) is 10.1. The number of benzene rings is 1. The van der Waals surface area contributed by atoms with Crippen LogP contribution < -0.4 is 11.1 Å². The standard InChI is InChI=1S/C12H12ClN3/c13-11-4-1-5-12(14)10(11)8-16-9-3-2-6-15-7-9/h1-7,16H,8,14H2. The third-order valence-corrected chi connectivity index (χ3v) is 2.64. The van der Waals surface area contributed by atoms with Gasteiger partial charge in [-0.3, -0.25) is 4.98 Å². The van der Waals surface area contributed by atoms with E-state index >= 15 is 0 Å². The lowest BCUT2D eigenvalue weighted by atomic mass is 10.2. The first-order chi connectivity index (χ1) is 7.77. The van der Waals surface area contributed by atoms with Crippen LogP contribution in [-0.4, -0.2) is 4.98 Å². The Balaban J connectivity index is 2.11. The number of anilines is 2. The Morgan fingerprint density at radius 1 is 1.25 bits per heavy atom. The molecule has 0 aliphatic heterocycles. The van der Waals surface area contributed by atoms with Gasteiger partial charge in [-0.2, -0.15) is 0 Å². The predicted octanol–water partition coefficient (Wildman–Crippen LogP) is 2.93. The van der Waals surface area contributed by atoms with Crippen molar-refractivity contribution in [3.8, 4) is 0 Å². The highest BCUT2D eigenvalue weighted by Crippen LogP contribution is 2.22. The topological polar surface area (TPSA) is 50.9 Å². The number of hydrogen-bond donors (Lipinski definition) is 2. The molecule has 0 unspecified atom stereocenters. The molecular formula is C12H12ClN3. The molecule has 0 saturated heterocycles. The van der Waals surface area contributed by atoms with E-state index in [1.54, 1.807) is 12.4 Å². The lowest BCUT2D eigenvalue weighted by Crippen LogP contribution is -2.03. The summed E-state index contributed by atoms with van der Waals surface area (Å²) in [5, 5.41) is 3.89. The third-order valence-electron chi connectivity index (χ3n) is 2.29. The monoisotopic (exact) mass is 233 g/mol. The maximum absolute atomic E-state index is 6.06. The van der Waals surface area contributed by atoms with Crippen LogP contribution in [0.4, 0.5) is 11.4 Å². The molecule has 0 spiro atoms. The van der Waals surface area contributed by atoms with Gasteiger partial charge in [0.05, 0.1) is 5.69 Å². The third kappa shape index (κ3) is 2.44. The van der Waals surface area contributed by atoms with Crippen LogP contribution in [0.5, 0.6) is 0 Å². The summed E-state index contributed by atoms with van der Waals surface area (Å²) < 4.78 is 0. The van der Waals surface area contributed by atoms with Crippen LogP contribution in [0.15, 0.2) is 42.7 Å². The van der Waals surface area contributed by atoms with Gasteiger partial charge < -0.3 is 11.1 Å². The van der Waals surface area contributed by atoms with Gasteiger partial charge in [0.1, 0.15) is 0 Å². The minimum Gasteiger partial charge on any atom is -0.398 e. The van der Waals surface area contributed by atoms with Gasteiger partial charge in [0.15, 0.2) is 0 Å². The van der Waals surface area contributed by atoms with Crippen molar-refractivity contribution in [3.63, 3.8) is 0 Å². The van der Waals surface area contributed by atoms with E-state index in [-0.39, 0.29) is 0 Å². The Kier molecular flexibility index (Phi) is 3.27. The zero-order chi connectivity index (χ0) is 11.4. The molecule has 2 aromatic rings. The van der Waals surface area contributed by atoms with Crippen LogP contribution in [-0.2, 0) is 6.54 Å². The number of nitrogen functional groups attached to an aromatic ring is 1. The fourth-order valence-corrected chi connectivity index (χ4v) is 1.67. The quantitative estimate of drug-likeness (QED) is 0.802. The molecule has 1 aromatic carbocycles. The lowest BCUT2D eigenvalue weighted by molar-refractivity contribution is 1.14. The summed E-state index contributed by atoms with van der Waals surface area (Å²) in [6.07, 6.45) is 3.49. The summed E-state index contributed by atoms with van der Waals surface area (Å²) in [6.45, 7) is 0.594. The average molecular weight is 234 g/mol. The van der Waals surface area contributed by atoms with Crippen LogP contribution in [0.3, 0.4) is 0 Å². The number of nitrogens with two attached hydrogens (primary N) is 1. The smallest absolute Gasteiger partial charge is 0.0529 e. The molecule has 0 radical (unpaired) electrons. The number of aromatic nitrogens is 1. The van der Waals surface area contributed by atoms with Crippen LogP contribution in [0, 0.1) is 0 Å². The minimum atomic E-state index is 0.594. The fourth-order valence-electron chi connectivity index (χ4n) is 1.42. The number of hydrogen-bond acceptors (Lipinski definition) is 3. The van der Waals surface area contributed by atoms with Gasteiger partial charge in [0, 0.05) is 35.2 Å². The molecule has 2 rings (SSSR count). The molecule has 0 fully saturated rings. The van der Waals surface area contributed by atoms with E-state index in [0.29, 0.717) is 17.3 Å². The summed E-state index contributed by atoms with van der Waals surface area (Å²) in [6, 6.07) is 9.33. The average Bonchev–Trinajstić information content (AvgIpc) is 2.30. The molecule has 0 amide bonds. The molecule has 82 valence electrons. The van der Waals surface area contributed by atoms with Gasteiger partial charge in [-0.05, 0) is 24.3 Å². The zero-order valence-electron chi connectivity index (χ0n) is 8.65. The molecule has 16 heavy (non-hydrogen) atoms. The zero-order valence-corrected chi connectivity index (χ0v) is 9.41. The van der Waals surface area contributed by atoms with E-state index in [2.05, 4.69) is 10.3 Å². The summed E-state index contributed by atoms with van der Waals surface area (Å²) >= 11 is 6.06. The number of halogens is 1. The van der Waals surface area contributed by atoms with E-state index < -0.39 is 0 Å². The van der Waals surface area contributed by atoms with Gasteiger partial charge in [0.25, 0.3) is 0 Å². The second-order valence-electron chi connectivity index (χ2n) is 3.40. The van der Waals surface area contributed by atoms with E-state index in [1.807, 2.05) is 30.3 Å². The largest absolute Gasteiger partial charge is 0.398 e. The molecule has 0 aliphatic rings. The molecule has 0 aliphatic carbocycles. The first-order valence-corrected chi connectivity index (χ1v) is 5.32. The maximum atomic E-state index is 6.06. The van der Waals surface area contributed by atoms with Crippen molar-refractivity contribution in [3.05, 3.63) is 53.3 Å². The number of nitrogens with zero attached hydrogens (tertiary/aromatic N) is 1. The van der Waals surface area contributed by atoms with Crippen molar-refractivity contribution in [1.82, 2.24) is 4.98 Å². The SMILES string of the molecule is Nc1cccc(Cl)c1CNc1cccnc1. The van der Waals surface area contributed by atoms with Gasteiger partial charge in [-0.25, -0.2) is 0 Å². The molecular weight excluding hydrogens is 222 g/mol. The van der Waals surface area contributed by atoms with Crippen molar-refractivity contribution in [2.24, 2.45) is 0 Å².